The number of fused-ring (bicyclic) bond motifs is 6. The predicted octanol–water partition coefficient (Wildman–Crippen LogP) is 16.8. The normalized spacial score (nSPS) is 11.5. The van der Waals surface area contributed by atoms with Crippen LogP contribution in [0.25, 0.3) is 134 Å². The molecule has 0 atom stereocenters. The molecule has 3 aromatic heterocycles. The molecule has 0 unspecified atom stereocenters. The van der Waals surface area contributed by atoms with Crippen molar-refractivity contribution in [2.24, 2.45) is 0 Å². The van der Waals surface area contributed by atoms with Gasteiger partial charge in [0.2, 0.25) is 0 Å². The van der Waals surface area contributed by atoms with E-state index >= 15 is 0 Å². The highest BCUT2D eigenvalue weighted by Crippen LogP contribution is 2.46. The number of hydrogen-bond acceptors (Lipinski definition) is 5. The fourth-order valence-electron chi connectivity index (χ4n) is 9.81. The number of benzene rings is 10. The first-order valence-corrected chi connectivity index (χ1v) is 23.2. The minimum absolute atomic E-state index is 0.591. The molecule has 0 radical (unpaired) electrons. The van der Waals surface area contributed by atoms with Crippen LogP contribution >= 0.6 is 0 Å². The molecule has 0 amide bonds. The smallest absolute Gasteiger partial charge is 0.164 e. The van der Waals surface area contributed by atoms with E-state index in [0.717, 1.165) is 116 Å². The van der Waals surface area contributed by atoms with Gasteiger partial charge < -0.3 is 4.42 Å². The van der Waals surface area contributed by atoms with E-state index in [1.807, 2.05) is 18.2 Å². The predicted molar refractivity (Wildman–Crippen MR) is 283 cm³/mol. The number of furan rings is 1. The fourth-order valence-corrected chi connectivity index (χ4v) is 9.81. The second-order valence-corrected chi connectivity index (χ2v) is 17.4. The molecule has 13 rings (SSSR count). The molecule has 10 aromatic carbocycles. The first-order valence-electron chi connectivity index (χ1n) is 23.2. The molecule has 0 fully saturated rings. The van der Waals surface area contributed by atoms with Crippen LogP contribution in [-0.2, 0) is 0 Å². The van der Waals surface area contributed by atoms with Gasteiger partial charge in [-0.15, -0.1) is 0 Å². The van der Waals surface area contributed by atoms with E-state index in [9.17, 15) is 0 Å². The molecule has 0 N–H and O–H groups in total. The lowest BCUT2D eigenvalue weighted by Gasteiger charge is -2.16. The Hall–Kier alpha value is -9.32. The average molecular weight is 881 g/mol. The third kappa shape index (κ3) is 7.30. The molecule has 13 aromatic rings. The lowest BCUT2D eigenvalue weighted by molar-refractivity contribution is 0.669. The van der Waals surface area contributed by atoms with Crippen LogP contribution in [0, 0.1) is 0 Å². The van der Waals surface area contributed by atoms with E-state index in [4.69, 9.17) is 24.4 Å². The molecule has 0 saturated heterocycles. The third-order valence-electron chi connectivity index (χ3n) is 13.1. The number of aromatic nitrogens is 4. The van der Waals surface area contributed by atoms with Crippen LogP contribution in [0.2, 0.25) is 0 Å². The summed E-state index contributed by atoms with van der Waals surface area (Å²) >= 11 is 0. The largest absolute Gasteiger partial charge is 0.456 e. The van der Waals surface area contributed by atoms with Crippen LogP contribution in [0.4, 0.5) is 0 Å². The third-order valence-corrected chi connectivity index (χ3v) is 13.1. The Morgan fingerprint density at radius 1 is 0.246 bits per heavy atom. The summed E-state index contributed by atoms with van der Waals surface area (Å²) in [6.07, 6.45) is 0. The molecular weight excluding hydrogens is 841 g/mol. The van der Waals surface area contributed by atoms with Crippen LogP contribution < -0.4 is 0 Å². The van der Waals surface area contributed by atoms with Crippen molar-refractivity contribution in [3.05, 3.63) is 243 Å². The van der Waals surface area contributed by atoms with Gasteiger partial charge in [0.1, 0.15) is 11.2 Å². The summed E-state index contributed by atoms with van der Waals surface area (Å²) in [5.74, 6) is 1.80. The van der Waals surface area contributed by atoms with E-state index < -0.39 is 0 Å². The second-order valence-electron chi connectivity index (χ2n) is 17.4. The van der Waals surface area contributed by atoms with E-state index in [2.05, 4.69) is 224 Å². The van der Waals surface area contributed by atoms with Crippen molar-refractivity contribution in [1.82, 2.24) is 19.9 Å². The van der Waals surface area contributed by atoms with Gasteiger partial charge in [0.15, 0.2) is 17.5 Å². The van der Waals surface area contributed by atoms with Gasteiger partial charge in [0.25, 0.3) is 0 Å². The molecule has 322 valence electrons. The van der Waals surface area contributed by atoms with Gasteiger partial charge in [0, 0.05) is 54.7 Å². The Balaban J connectivity index is 0.964. The molecule has 0 spiro atoms. The Kier molecular flexibility index (Phi) is 9.76. The van der Waals surface area contributed by atoms with Crippen LogP contribution in [0.15, 0.2) is 247 Å². The second kappa shape index (κ2) is 16.8. The summed E-state index contributed by atoms with van der Waals surface area (Å²) in [5, 5.41) is 5.48. The minimum Gasteiger partial charge on any atom is -0.456 e. The molecule has 0 saturated carbocycles. The molecule has 0 aliphatic carbocycles. The van der Waals surface area contributed by atoms with Crippen molar-refractivity contribution in [1.29, 1.82) is 0 Å². The molecule has 0 aliphatic rings. The van der Waals surface area contributed by atoms with E-state index in [-0.39, 0.29) is 0 Å². The Labute approximate surface area is 398 Å². The zero-order valence-electron chi connectivity index (χ0n) is 37.3. The molecule has 5 heteroatoms. The van der Waals surface area contributed by atoms with Crippen LogP contribution in [0.3, 0.4) is 0 Å². The van der Waals surface area contributed by atoms with Crippen molar-refractivity contribution in [3.63, 3.8) is 0 Å². The number of rotatable bonds is 8. The van der Waals surface area contributed by atoms with Crippen LogP contribution in [-0.4, -0.2) is 19.9 Å². The first-order chi connectivity index (χ1) is 34.2. The van der Waals surface area contributed by atoms with Crippen molar-refractivity contribution >= 4 is 43.6 Å². The SMILES string of the molecule is c1ccc(-c2cccc(-c3nc(-c4cccc(-c5ccccc5)c4)nc(-c4cccc(-c5cccc(-c6nc7ccccc7c7c(-c8ccccc8)c8c(cc67)oc6ccccc68)c5)c4)n3)c2)cc1. The van der Waals surface area contributed by atoms with Gasteiger partial charge >= 0.3 is 0 Å². The zero-order chi connectivity index (χ0) is 45.7. The van der Waals surface area contributed by atoms with Crippen molar-refractivity contribution in [2.75, 3.05) is 0 Å². The summed E-state index contributed by atoms with van der Waals surface area (Å²) < 4.78 is 6.66. The Bertz CT molecular complexity index is 3970. The molecule has 0 aliphatic heterocycles. The highest BCUT2D eigenvalue weighted by Gasteiger charge is 2.22. The van der Waals surface area contributed by atoms with E-state index in [1.165, 1.54) is 0 Å². The molecule has 0 bridgehead atoms. The topological polar surface area (TPSA) is 64.7 Å². The summed E-state index contributed by atoms with van der Waals surface area (Å²) in [6, 6.07) is 84.5. The van der Waals surface area contributed by atoms with Gasteiger partial charge in [-0.2, -0.15) is 0 Å². The zero-order valence-corrected chi connectivity index (χ0v) is 37.3. The first kappa shape index (κ1) is 40.0. The van der Waals surface area contributed by atoms with E-state index in [1.54, 1.807) is 0 Å². The lowest BCUT2D eigenvalue weighted by atomic mass is 9.89. The minimum atomic E-state index is 0.591. The fraction of sp³-hybridized carbons (Fsp3) is 0. The van der Waals surface area contributed by atoms with Crippen LogP contribution in [0.1, 0.15) is 0 Å². The van der Waals surface area contributed by atoms with Gasteiger partial charge in [0.05, 0.1) is 11.2 Å². The van der Waals surface area contributed by atoms with Crippen molar-refractivity contribution in [3.8, 4) is 89.9 Å². The Morgan fingerprint density at radius 3 is 1.20 bits per heavy atom. The summed E-state index contributed by atoms with van der Waals surface area (Å²) in [7, 11) is 0. The maximum absolute atomic E-state index is 6.66. The monoisotopic (exact) mass is 880 g/mol. The standard InChI is InChI=1S/C64H40N4O/c1-4-18-41(19-5-1)44-24-15-29-49(37-44)62-66-63(50-30-16-25-45(38-50)42-20-6-2-7-21-42)68-64(67-62)51-31-17-27-47(39-51)46-26-14-28-48(36-46)61-54-40-57-60(53-33-11-13-35-56(53)69-57)58(43-22-8-3-9-23-43)59(54)52-32-10-12-34-55(52)65-61/h1-40H. The van der Waals surface area contributed by atoms with Gasteiger partial charge in [-0.1, -0.05) is 200 Å². The lowest BCUT2D eigenvalue weighted by Crippen LogP contribution is -2.00. The number of pyridine rings is 1. The van der Waals surface area contributed by atoms with Crippen LogP contribution in [0.5, 0.6) is 0 Å². The summed E-state index contributed by atoms with van der Waals surface area (Å²) in [6.45, 7) is 0. The molecule has 3 heterocycles. The maximum atomic E-state index is 6.66. The maximum Gasteiger partial charge on any atom is 0.164 e. The number of nitrogens with zero attached hydrogens (tertiary/aromatic N) is 4. The van der Waals surface area contributed by atoms with Gasteiger partial charge in [-0.05, 0) is 81.4 Å². The highest BCUT2D eigenvalue weighted by molar-refractivity contribution is 6.27. The number of para-hydroxylation sites is 2. The van der Waals surface area contributed by atoms with Gasteiger partial charge in [-0.25, -0.2) is 19.9 Å². The van der Waals surface area contributed by atoms with Crippen molar-refractivity contribution in [2.45, 2.75) is 0 Å². The number of hydrogen-bond donors (Lipinski definition) is 0. The highest BCUT2D eigenvalue weighted by atomic mass is 16.3. The van der Waals surface area contributed by atoms with E-state index in [0.29, 0.717) is 17.5 Å². The molecular formula is C64H40N4O. The summed E-state index contributed by atoms with van der Waals surface area (Å²) in [5.41, 5.74) is 16.0. The summed E-state index contributed by atoms with van der Waals surface area (Å²) in [4.78, 5) is 21.0. The quantitative estimate of drug-likeness (QED) is 0.142. The average Bonchev–Trinajstić information content (AvgIpc) is 3.81. The molecule has 69 heavy (non-hydrogen) atoms. The van der Waals surface area contributed by atoms with Crippen molar-refractivity contribution < 1.29 is 4.42 Å². The molecule has 5 nitrogen and oxygen atoms in total. The van der Waals surface area contributed by atoms with Gasteiger partial charge in [-0.3, -0.25) is 0 Å². The Morgan fingerprint density at radius 2 is 0.652 bits per heavy atom.